The number of methoxy groups -OCH3 is 2. The number of carbonyl (C=O) groups is 2. The fourth-order valence-electron chi connectivity index (χ4n) is 3.07. The topological polar surface area (TPSA) is 93.9 Å². The Morgan fingerprint density at radius 3 is 2.72 bits per heavy atom. The number of piperidine rings is 1. The van der Waals surface area contributed by atoms with Crippen LogP contribution in [-0.2, 0) is 16.0 Å². The minimum atomic E-state index is -0.279. The lowest BCUT2D eigenvalue weighted by molar-refractivity contribution is -0.126. The molecule has 1 fully saturated rings. The SMILES string of the molecule is COc1ccc(CCNC(=O)CN2CCC[C@H](C(N)=O)C2)cc1OC. The van der Waals surface area contributed by atoms with Crippen LogP contribution in [0.3, 0.4) is 0 Å². The second kappa shape index (κ2) is 9.27. The van der Waals surface area contributed by atoms with Crippen LogP contribution in [0.5, 0.6) is 11.5 Å². The molecule has 0 unspecified atom stereocenters. The zero-order chi connectivity index (χ0) is 18.2. The molecule has 0 bridgehead atoms. The first-order valence-corrected chi connectivity index (χ1v) is 8.52. The number of likely N-dealkylation sites (tertiary alicyclic amines) is 1. The van der Waals surface area contributed by atoms with Crippen LogP contribution >= 0.6 is 0 Å². The molecule has 138 valence electrons. The molecule has 2 rings (SSSR count). The molecule has 1 aromatic rings. The van der Waals surface area contributed by atoms with Gasteiger partial charge in [-0.2, -0.15) is 0 Å². The third kappa shape index (κ3) is 5.63. The van der Waals surface area contributed by atoms with Gasteiger partial charge in [-0.25, -0.2) is 0 Å². The van der Waals surface area contributed by atoms with Gasteiger partial charge >= 0.3 is 0 Å². The number of nitrogens with zero attached hydrogens (tertiary/aromatic N) is 1. The molecule has 0 saturated carbocycles. The van der Waals surface area contributed by atoms with E-state index in [4.69, 9.17) is 15.2 Å². The molecule has 1 aliphatic heterocycles. The first kappa shape index (κ1) is 19.1. The number of rotatable bonds is 8. The minimum Gasteiger partial charge on any atom is -0.493 e. The number of amides is 2. The first-order valence-electron chi connectivity index (χ1n) is 8.52. The number of primary amides is 1. The van der Waals surface area contributed by atoms with Gasteiger partial charge in [0.25, 0.3) is 0 Å². The molecule has 1 saturated heterocycles. The summed E-state index contributed by atoms with van der Waals surface area (Å²) in [4.78, 5) is 25.4. The van der Waals surface area contributed by atoms with Gasteiger partial charge in [-0.1, -0.05) is 6.07 Å². The van der Waals surface area contributed by atoms with Gasteiger partial charge in [-0.05, 0) is 43.5 Å². The lowest BCUT2D eigenvalue weighted by atomic mass is 9.97. The fourth-order valence-corrected chi connectivity index (χ4v) is 3.07. The minimum absolute atomic E-state index is 0.0365. The molecule has 1 atom stereocenters. The van der Waals surface area contributed by atoms with Crippen molar-refractivity contribution >= 4 is 11.8 Å². The van der Waals surface area contributed by atoms with Gasteiger partial charge in [-0.3, -0.25) is 14.5 Å². The smallest absolute Gasteiger partial charge is 0.234 e. The largest absolute Gasteiger partial charge is 0.493 e. The maximum Gasteiger partial charge on any atom is 0.234 e. The van der Waals surface area contributed by atoms with Crippen molar-refractivity contribution in [3.05, 3.63) is 23.8 Å². The zero-order valence-electron chi connectivity index (χ0n) is 14.9. The molecule has 0 aromatic heterocycles. The molecule has 1 heterocycles. The van der Waals surface area contributed by atoms with E-state index in [0.717, 1.165) is 24.9 Å². The highest BCUT2D eigenvalue weighted by molar-refractivity contribution is 5.79. The van der Waals surface area contributed by atoms with Crippen LogP contribution in [-0.4, -0.2) is 57.1 Å². The number of hydrogen-bond donors (Lipinski definition) is 2. The Morgan fingerprint density at radius 1 is 1.28 bits per heavy atom. The number of ether oxygens (including phenoxy) is 2. The molecule has 3 N–H and O–H groups in total. The third-order valence-electron chi connectivity index (χ3n) is 4.46. The predicted octanol–water partition coefficient (Wildman–Crippen LogP) is 0.560. The lowest BCUT2D eigenvalue weighted by Crippen LogP contribution is -2.45. The van der Waals surface area contributed by atoms with Crippen LogP contribution < -0.4 is 20.5 Å². The van der Waals surface area contributed by atoms with Gasteiger partial charge < -0.3 is 20.5 Å². The molecule has 2 amide bonds. The second-order valence-corrected chi connectivity index (χ2v) is 6.27. The van der Waals surface area contributed by atoms with Gasteiger partial charge in [-0.15, -0.1) is 0 Å². The summed E-state index contributed by atoms with van der Waals surface area (Å²) in [6, 6.07) is 5.72. The van der Waals surface area contributed by atoms with E-state index in [1.807, 2.05) is 23.1 Å². The number of hydrogen-bond acceptors (Lipinski definition) is 5. The van der Waals surface area contributed by atoms with E-state index in [0.29, 0.717) is 37.6 Å². The van der Waals surface area contributed by atoms with Crippen LogP contribution in [0.25, 0.3) is 0 Å². The van der Waals surface area contributed by atoms with Gasteiger partial charge in [0.05, 0.1) is 26.7 Å². The number of benzene rings is 1. The first-order chi connectivity index (χ1) is 12.0. The normalized spacial score (nSPS) is 17.8. The fraction of sp³-hybridized carbons (Fsp3) is 0.556. The maximum atomic E-state index is 12.1. The summed E-state index contributed by atoms with van der Waals surface area (Å²) in [6.07, 6.45) is 2.41. The Morgan fingerprint density at radius 2 is 2.04 bits per heavy atom. The van der Waals surface area contributed by atoms with Crippen molar-refractivity contribution in [2.75, 3.05) is 40.4 Å². The molecule has 25 heavy (non-hydrogen) atoms. The Bertz CT molecular complexity index is 606. The third-order valence-corrected chi connectivity index (χ3v) is 4.46. The van der Waals surface area contributed by atoms with E-state index in [1.54, 1.807) is 14.2 Å². The molecule has 7 nitrogen and oxygen atoms in total. The Kier molecular flexibility index (Phi) is 7.06. The summed E-state index contributed by atoms with van der Waals surface area (Å²) in [5.74, 6) is 0.902. The highest BCUT2D eigenvalue weighted by Crippen LogP contribution is 2.27. The number of nitrogens with two attached hydrogens (primary N) is 1. The van der Waals surface area contributed by atoms with E-state index in [-0.39, 0.29) is 17.7 Å². The monoisotopic (exact) mass is 349 g/mol. The van der Waals surface area contributed by atoms with Gasteiger partial charge in [0, 0.05) is 13.1 Å². The average molecular weight is 349 g/mol. The van der Waals surface area contributed by atoms with Crippen molar-refractivity contribution in [1.82, 2.24) is 10.2 Å². The second-order valence-electron chi connectivity index (χ2n) is 6.27. The highest BCUT2D eigenvalue weighted by atomic mass is 16.5. The lowest BCUT2D eigenvalue weighted by Gasteiger charge is -2.30. The zero-order valence-corrected chi connectivity index (χ0v) is 14.9. The molecule has 1 aromatic carbocycles. The standard InChI is InChI=1S/C18H27N3O4/c1-24-15-6-5-13(10-16(15)25-2)7-8-20-17(22)12-21-9-3-4-14(11-21)18(19)23/h5-6,10,14H,3-4,7-9,11-12H2,1-2H3,(H2,19,23)(H,20,22)/t14-/m0/s1. The highest BCUT2D eigenvalue weighted by Gasteiger charge is 2.24. The molecule has 0 aliphatic carbocycles. The van der Waals surface area contributed by atoms with E-state index in [9.17, 15) is 9.59 Å². The van der Waals surface area contributed by atoms with E-state index in [2.05, 4.69) is 5.32 Å². The summed E-state index contributed by atoms with van der Waals surface area (Å²) in [6.45, 7) is 2.24. The van der Waals surface area contributed by atoms with Crippen LogP contribution in [0.1, 0.15) is 18.4 Å². The summed E-state index contributed by atoms with van der Waals surface area (Å²) >= 11 is 0. The summed E-state index contributed by atoms with van der Waals surface area (Å²) < 4.78 is 10.5. The van der Waals surface area contributed by atoms with Crippen molar-refractivity contribution in [1.29, 1.82) is 0 Å². The number of nitrogens with one attached hydrogen (secondary N) is 1. The van der Waals surface area contributed by atoms with Crippen LogP contribution in [0.4, 0.5) is 0 Å². The van der Waals surface area contributed by atoms with Crippen LogP contribution in [0.2, 0.25) is 0 Å². The quantitative estimate of drug-likeness (QED) is 0.715. The Balaban J connectivity index is 1.76. The van der Waals surface area contributed by atoms with Crippen LogP contribution in [0.15, 0.2) is 18.2 Å². The molecular formula is C18H27N3O4. The molecule has 1 aliphatic rings. The Labute approximate surface area is 148 Å². The van der Waals surface area contributed by atoms with Crippen LogP contribution in [0, 0.1) is 5.92 Å². The van der Waals surface area contributed by atoms with E-state index < -0.39 is 0 Å². The molecule has 0 spiro atoms. The average Bonchev–Trinajstić information content (AvgIpc) is 2.61. The van der Waals surface area contributed by atoms with E-state index in [1.165, 1.54) is 0 Å². The maximum absolute atomic E-state index is 12.1. The van der Waals surface area contributed by atoms with Crippen molar-refractivity contribution < 1.29 is 19.1 Å². The van der Waals surface area contributed by atoms with Crippen molar-refractivity contribution in [2.45, 2.75) is 19.3 Å². The van der Waals surface area contributed by atoms with Crippen molar-refractivity contribution in [2.24, 2.45) is 11.7 Å². The van der Waals surface area contributed by atoms with Gasteiger partial charge in [0.2, 0.25) is 11.8 Å². The van der Waals surface area contributed by atoms with Gasteiger partial charge in [0.1, 0.15) is 0 Å². The summed E-state index contributed by atoms with van der Waals surface area (Å²) in [5, 5.41) is 2.92. The molecular weight excluding hydrogens is 322 g/mol. The van der Waals surface area contributed by atoms with E-state index >= 15 is 0 Å². The molecule has 0 radical (unpaired) electrons. The summed E-state index contributed by atoms with van der Waals surface area (Å²) in [5.41, 5.74) is 6.42. The predicted molar refractivity (Wildman–Crippen MR) is 94.6 cm³/mol. The number of carbonyl (C=O) groups excluding carboxylic acids is 2. The van der Waals surface area contributed by atoms with Gasteiger partial charge in [0.15, 0.2) is 11.5 Å². The summed E-state index contributed by atoms with van der Waals surface area (Å²) in [7, 11) is 3.20. The van der Waals surface area contributed by atoms with Crippen molar-refractivity contribution in [3.8, 4) is 11.5 Å². The van der Waals surface area contributed by atoms with Crippen molar-refractivity contribution in [3.63, 3.8) is 0 Å². The molecule has 7 heteroatoms. The Hall–Kier alpha value is -2.28.